The average Bonchev–Trinajstić information content (AvgIpc) is 2.53. The van der Waals surface area contributed by atoms with Gasteiger partial charge in [0.1, 0.15) is 0 Å². The van der Waals surface area contributed by atoms with Gasteiger partial charge < -0.3 is 10.0 Å². The summed E-state index contributed by atoms with van der Waals surface area (Å²) in [6.45, 7) is 0. The Labute approximate surface area is 128 Å². The Balaban J connectivity index is 2.37. The number of aromatic carboxylic acids is 1. The van der Waals surface area contributed by atoms with Crippen LogP contribution < -0.4 is 4.90 Å². The van der Waals surface area contributed by atoms with Crippen LogP contribution in [0, 0.1) is 0 Å². The molecule has 1 aromatic heterocycles. The van der Waals surface area contributed by atoms with Gasteiger partial charge in [0, 0.05) is 25.0 Å². The molecule has 0 amide bonds. The minimum absolute atomic E-state index is 0.271. The molecule has 110 valence electrons. The summed E-state index contributed by atoms with van der Waals surface area (Å²) in [6, 6.07) is 16.8. The second-order valence-electron chi connectivity index (χ2n) is 5.29. The molecule has 4 heteroatoms. The smallest absolute Gasteiger partial charge is 0.336 e. The van der Waals surface area contributed by atoms with Gasteiger partial charge in [-0.1, -0.05) is 42.5 Å². The SMILES string of the molecule is CN(C)c1cccc2c(C(=O)O)cc(-c3ccccc3)nc12. The van der Waals surface area contributed by atoms with Crippen LogP contribution in [0.15, 0.2) is 54.6 Å². The molecule has 3 rings (SSSR count). The van der Waals surface area contributed by atoms with Crippen LogP contribution >= 0.6 is 0 Å². The number of anilines is 1. The molecule has 1 N–H and O–H groups in total. The Morgan fingerprint density at radius 3 is 2.41 bits per heavy atom. The molecule has 0 atom stereocenters. The Hall–Kier alpha value is -2.88. The lowest BCUT2D eigenvalue weighted by Gasteiger charge is -2.16. The lowest BCUT2D eigenvalue weighted by Crippen LogP contribution is -2.10. The number of hydrogen-bond acceptors (Lipinski definition) is 3. The number of aromatic nitrogens is 1. The van der Waals surface area contributed by atoms with Gasteiger partial charge in [0.25, 0.3) is 0 Å². The van der Waals surface area contributed by atoms with Crippen LogP contribution in [0.3, 0.4) is 0 Å². The summed E-state index contributed by atoms with van der Waals surface area (Å²) in [4.78, 5) is 18.3. The Morgan fingerprint density at radius 2 is 1.77 bits per heavy atom. The Kier molecular flexibility index (Phi) is 3.51. The largest absolute Gasteiger partial charge is 0.478 e. The summed E-state index contributed by atoms with van der Waals surface area (Å²) in [5, 5.41) is 10.2. The third-order valence-corrected chi connectivity index (χ3v) is 3.60. The first-order valence-electron chi connectivity index (χ1n) is 6.98. The summed E-state index contributed by atoms with van der Waals surface area (Å²) >= 11 is 0. The van der Waals surface area contributed by atoms with Gasteiger partial charge in [-0.05, 0) is 12.1 Å². The minimum Gasteiger partial charge on any atom is -0.478 e. The summed E-state index contributed by atoms with van der Waals surface area (Å²) in [7, 11) is 3.85. The highest BCUT2D eigenvalue weighted by atomic mass is 16.4. The first kappa shape index (κ1) is 14.1. The molecule has 0 spiro atoms. The van der Waals surface area contributed by atoms with E-state index in [9.17, 15) is 9.90 Å². The molecule has 0 fully saturated rings. The molecule has 0 aliphatic heterocycles. The van der Waals surface area contributed by atoms with Crippen molar-refractivity contribution in [3.05, 3.63) is 60.2 Å². The van der Waals surface area contributed by atoms with Crippen LogP contribution in [0.4, 0.5) is 5.69 Å². The van der Waals surface area contributed by atoms with E-state index in [1.54, 1.807) is 12.1 Å². The molecule has 0 saturated carbocycles. The minimum atomic E-state index is -0.944. The highest BCUT2D eigenvalue weighted by Crippen LogP contribution is 2.30. The molecule has 0 radical (unpaired) electrons. The van der Waals surface area contributed by atoms with Crippen LogP contribution in [0.1, 0.15) is 10.4 Å². The summed E-state index contributed by atoms with van der Waals surface area (Å²) in [5.74, 6) is -0.944. The maximum atomic E-state index is 11.6. The summed E-state index contributed by atoms with van der Waals surface area (Å²) < 4.78 is 0. The number of carbonyl (C=O) groups is 1. The maximum absolute atomic E-state index is 11.6. The first-order valence-corrected chi connectivity index (χ1v) is 6.98. The fraction of sp³-hybridized carbons (Fsp3) is 0.111. The van der Waals surface area contributed by atoms with Crippen LogP contribution in [0.2, 0.25) is 0 Å². The topological polar surface area (TPSA) is 53.4 Å². The number of nitrogens with zero attached hydrogens (tertiary/aromatic N) is 2. The van der Waals surface area contributed by atoms with E-state index in [-0.39, 0.29) is 5.56 Å². The molecule has 0 unspecified atom stereocenters. The second kappa shape index (κ2) is 5.48. The van der Waals surface area contributed by atoms with Gasteiger partial charge in [-0.15, -0.1) is 0 Å². The van der Waals surface area contributed by atoms with Gasteiger partial charge >= 0.3 is 5.97 Å². The molecule has 22 heavy (non-hydrogen) atoms. The maximum Gasteiger partial charge on any atom is 0.336 e. The van der Waals surface area contributed by atoms with Crippen molar-refractivity contribution in [2.75, 3.05) is 19.0 Å². The van der Waals surface area contributed by atoms with E-state index in [0.29, 0.717) is 16.6 Å². The van der Waals surface area contributed by atoms with Crippen molar-refractivity contribution in [3.8, 4) is 11.3 Å². The molecular weight excluding hydrogens is 276 g/mol. The molecular formula is C18H16N2O2. The highest BCUT2D eigenvalue weighted by molar-refractivity contribution is 6.07. The van der Waals surface area contributed by atoms with Crippen LogP contribution in [-0.4, -0.2) is 30.2 Å². The summed E-state index contributed by atoms with van der Waals surface area (Å²) in [5.41, 5.74) is 3.44. The third kappa shape index (κ3) is 2.39. The van der Waals surface area contributed by atoms with Crippen molar-refractivity contribution in [1.82, 2.24) is 4.98 Å². The van der Waals surface area contributed by atoms with E-state index in [2.05, 4.69) is 0 Å². The molecule has 4 nitrogen and oxygen atoms in total. The van der Waals surface area contributed by atoms with Crippen molar-refractivity contribution < 1.29 is 9.90 Å². The number of pyridine rings is 1. The summed E-state index contributed by atoms with van der Waals surface area (Å²) in [6.07, 6.45) is 0. The molecule has 0 aliphatic rings. The van der Waals surface area contributed by atoms with Gasteiger partial charge in [0.15, 0.2) is 0 Å². The third-order valence-electron chi connectivity index (χ3n) is 3.60. The van der Waals surface area contributed by atoms with Crippen LogP contribution in [0.5, 0.6) is 0 Å². The fourth-order valence-corrected chi connectivity index (χ4v) is 2.53. The van der Waals surface area contributed by atoms with Crippen LogP contribution in [-0.2, 0) is 0 Å². The van der Waals surface area contributed by atoms with Crippen molar-refractivity contribution >= 4 is 22.6 Å². The molecule has 0 aliphatic carbocycles. The van der Waals surface area contributed by atoms with E-state index in [1.807, 2.05) is 61.5 Å². The van der Waals surface area contributed by atoms with E-state index in [0.717, 1.165) is 11.3 Å². The fourth-order valence-electron chi connectivity index (χ4n) is 2.53. The molecule has 0 saturated heterocycles. The number of rotatable bonds is 3. The average molecular weight is 292 g/mol. The van der Waals surface area contributed by atoms with E-state index in [1.165, 1.54) is 0 Å². The quantitative estimate of drug-likeness (QED) is 0.800. The lowest BCUT2D eigenvalue weighted by atomic mass is 10.0. The highest BCUT2D eigenvalue weighted by Gasteiger charge is 2.15. The zero-order valence-corrected chi connectivity index (χ0v) is 12.4. The lowest BCUT2D eigenvalue weighted by molar-refractivity contribution is 0.0699. The van der Waals surface area contributed by atoms with Crippen molar-refractivity contribution in [2.45, 2.75) is 0 Å². The van der Waals surface area contributed by atoms with E-state index >= 15 is 0 Å². The predicted molar refractivity (Wildman–Crippen MR) is 88.5 cm³/mol. The van der Waals surface area contributed by atoms with Crippen LogP contribution in [0.25, 0.3) is 22.2 Å². The monoisotopic (exact) mass is 292 g/mol. The van der Waals surface area contributed by atoms with Gasteiger partial charge in [0.2, 0.25) is 0 Å². The number of para-hydroxylation sites is 1. The number of carboxylic acid groups (broad SMARTS) is 1. The van der Waals surface area contributed by atoms with Gasteiger partial charge in [0.05, 0.1) is 22.5 Å². The van der Waals surface area contributed by atoms with Gasteiger partial charge in [-0.25, -0.2) is 9.78 Å². The second-order valence-corrected chi connectivity index (χ2v) is 5.29. The van der Waals surface area contributed by atoms with Crippen molar-refractivity contribution in [1.29, 1.82) is 0 Å². The normalized spacial score (nSPS) is 10.6. The van der Waals surface area contributed by atoms with E-state index in [4.69, 9.17) is 4.98 Å². The zero-order chi connectivity index (χ0) is 15.7. The zero-order valence-electron chi connectivity index (χ0n) is 12.4. The molecule has 0 bridgehead atoms. The molecule has 3 aromatic rings. The van der Waals surface area contributed by atoms with Crippen molar-refractivity contribution in [2.24, 2.45) is 0 Å². The first-order chi connectivity index (χ1) is 10.6. The van der Waals surface area contributed by atoms with E-state index < -0.39 is 5.97 Å². The number of carboxylic acids is 1. The van der Waals surface area contributed by atoms with Gasteiger partial charge in [-0.3, -0.25) is 0 Å². The number of fused-ring (bicyclic) bond motifs is 1. The predicted octanol–water partition coefficient (Wildman–Crippen LogP) is 3.67. The molecule has 1 heterocycles. The Morgan fingerprint density at radius 1 is 1.05 bits per heavy atom. The van der Waals surface area contributed by atoms with Gasteiger partial charge in [-0.2, -0.15) is 0 Å². The standard InChI is InChI=1S/C18H16N2O2/c1-20(2)16-10-6-9-13-14(18(21)22)11-15(19-17(13)16)12-7-4-3-5-8-12/h3-11H,1-2H3,(H,21,22). The number of benzene rings is 2. The molecule has 2 aromatic carbocycles. The number of hydrogen-bond donors (Lipinski definition) is 1. The van der Waals surface area contributed by atoms with Crippen molar-refractivity contribution in [3.63, 3.8) is 0 Å². The Bertz CT molecular complexity index is 842.